The number of esters is 1. The normalized spacial score (nSPS) is 15.1. The van der Waals surface area contributed by atoms with Crippen LogP contribution in [0.4, 0.5) is 0 Å². The summed E-state index contributed by atoms with van der Waals surface area (Å²) in [5.41, 5.74) is 2.96. The van der Waals surface area contributed by atoms with E-state index in [1.165, 1.54) is 11.3 Å². The Hall–Kier alpha value is -3.37. The molecule has 38 heavy (non-hydrogen) atoms. The summed E-state index contributed by atoms with van der Waals surface area (Å²) < 4.78 is 24.8. The van der Waals surface area contributed by atoms with Crippen molar-refractivity contribution in [3.05, 3.63) is 82.5 Å². The van der Waals surface area contributed by atoms with Crippen molar-refractivity contribution < 1.29 is 23.7 Å². The zero-order valence-corrected chi connectivity index (χ0v) is 24.5. The second kappa shape index (κ2) is 11.6. The molecule has 1 aliphatic heterocycles. The van der Waals surface area contributed by atoms with Gasteiger partial charge in [0, 0.05) is 4.47 Å². The average molecular weight is 602 g/mol. The molecule has 2 heterocycles. The van der Waals surface area contributed by atoms with E-state index in [2.05, 4.69) is 20.9 Å². The summed E-state index contributed by atoms with van der Waals surface area (Å²) in [5, 5.41) is 0. The highest BCUT2D eigenvalue weighted by atomic mass is 79.9. The van der Waals surface area contributed by atoms with Gasteiger partial charge in [-0.05, 0) is 68.7 Å². The summed E-state index contributed by atoms with van der Waals surface area (Å²) >= 11 is 4.90. The summed E-state index contributed by atoms with van der Waals surface area (Å²) in [4.78, 5) is 32.2. The molecule has 0 saturated heterocycles. The van der Waals surface area contributed by atoms with E-state index >= 15 is 0 Å². The standard InChI is InChI=1S/C28H29BrN2O6S/c1-7-36-22-14-19(29)18(13-21(22)35-6)25-24(27(33)37-8-2)16(4)30-28-31(25)26(32)23(38-28)12-17-10-9-15(3)20(11-17)34-5/h9-14,25H,7-8H2,1-6H3/b23-12+/t25-/m1/s1. The maximum absolute atomic E-state index is 13.9. The molecule has 3 aromatic rings. The third kappa shape index (κ3) is 5.15. The zero-order valence-electron chi connectivity index (χ0n) is 22.1. The number of aryl methyl sites for hydroxylation is 1. The number of carbonyl (C=O) groups is 1. The van der Waals surface area contributed by atoms with E-state index in [1.807, 2.05) is 32.0 Å². The third-order valence-electron chi connectivity index (χ3n) is 6.12. The highest BCUT2D eigenvalue weighted by Crippen LogP contribution is 2.41. The van der Waals surface area contributed by atoms with Crippen molar-refractivity contribution in [2.45, 2.75) is 33.7 Å². The van der Waals surface area contributed by atoms with Gasteiger partial charge in [0.2, 0.25) is 0 Å². The predicted octanol–water partition coefficient (Wildman–Crippen LogP) is 4.29. The molecule has 0 saturated carbocycles. The van der Waals surface area contributed by atoms with E-state index < -0.39 is 12.0 Å². The fraction of sp³-hybridized carbons (Fsp3) is 0.321. The molecule has 200 valence electrons. The first-order valence-corrected chi connectivity index (χ1v) is 13.7. The number of hydrogen-bond donors (Lipinski definition) is 0. The number of allylic oxidation sites excluding steroid dienone is 1. The van der Waals surface area contributed by atoms with E-state index in [1.54, 1.807) is 50.8 Å². The Labute approximate surface area is 233 Å². The number of methoxy groups -OCH3 is 2. The Kier molecular flexibility index (Phi) is 8.42. The molecule has 0 spiro atoms. The van der Waals surface area contributed by atoms with Crippen LogP contribution in [0.2, 0.25) is 0 Å². The molecule has 1 aromatic heterocycles. The quantitative estimate of drug-likeness (QED) is 0.359. The lowest BCUT2D eigenvalue weighted by molar-refractivity contribution is -0.139. The molecule has 0 amide bonds. The number of carbonyl (C=O) groups excluding carboxylic acids is 1. The number of ether oxygens (including phenoxy) is 4. The largest absolute Gasteiger partial charge is 0.496 e. The SMILES string of the molecule is CCOC(=O)C1=C(C)N=c2s/c(=C/c3ccc(C)c(OC)c3)c(=O)n2[C@@H]1c1cc(OC)c(OCC)cc1Br. The summed E-state index contributed by atoms with van der Waals surface area (Å²) in [5.74, 6) is 1.23. The zero-order chi connectivity index (χ0) is 27.6. The van der Waals surface area contributed by atoms with E-state index in [-0.39, 0.29) is 17.7 Å². The van der Waals surface area contributed by atoms with Gasteiger partial charge in [-0.2, -0.15) is 0 Å². The molecule has 2 aromatic carbocycles. The number of nitrogens with zero attached hydrogens (tertiary/aromatic N) is 2. The maximum atomic E-state index is 13.9. The van der Waals surface area contributed by atoms with Crippen LogP contribution in [-0.2, 0) is 9.53 Å². The Balaban J connectivity index is 1.99. The molecule has 0 fully saturated rings. The van der Waals surface area contributed by atoms with Crippen molar-refractivity contribution in [2.24, 2.45) is 4.99 Å². The van der Waals surface area contributed by atoms with Gasteiger partial charge in [-0.25, -0.2) is 9.79 Å². The molecular formula is C28H29BrN2O6S. The molecule has 8 nitrogen and oxygen atoms in total. The number of hydrogen-bond acceptors (Lipinski definition) is 8. The minimum atomic E-state index is -0.793. The highest BCUT2D eigenvalue weighted by Gasteiger charge is 2.35. The number of halogens is 1. The van der Waals surface area contributed by atoms with Crippen LogP contribution in [0, 0.1) is 6.92 Å². The fourth-order valence-corrected chi connectivity index (χ4v) is 5.94. The van der Waals surface area contributed by atoms with Crippen LogP contribution in [0.3, 0.4) is 0 Å². The van der Waals surface area contributed by atoms with Crippen LogP contribution in [0.25, 0.3) is 6.08 Å². The van der Waals surface area contributed by atoms with Crippen LogP contribution < -0.4 is 29.1 Å². The first kappa shape index (κ1) is 27.7. The van der Waals surface area contributed by atoms with Gasteiger partial charge >= 0.3 is 5.97 Å². The molecule has 0 bridgehead atoms. The fourth-order valence-electron chi connectivity index (χ4n) is 4.35. The molecule has 0 aliphatic carbocycles. The first-order chi connectivity index (χ1) is 18.2. The summed E-state index contributed by atoms with van der Waals surface area (Å²) in [6.07, 6.45) is 1.81. The molecule has 0 N–H and O–H groups in total. The van der Waals surface area contributed by atoms with Crippen LogP contribution in [0.15, 0.2) is 55.9 Å². The lowest BCUT2D eigenvalue weighted by Gasteiger charge is -2.26. The van der Waals surface area contributed by atoms with Gasteiger partial charge in [-0.3, -0.25) is 9.36 Å². The number of aromatic nitrogens is 1. The second-order valence-corrected chi connectivity index (χ2v) is 10.4. The molecular weight excluding hydrogens is 572 g/mol. The molecule has 4 rings (SSSR count). The van der Waals surface area contributed by atoms with E-state index in [0.29, 0.717) is 43.2 Å². The van der Waals surface area contributed by atoms with Gasteiger partial charge in [0.25, 0.3) is 5.56 Å². The van der Waals surface area contributed by atoms with Crippen LogP contribution in [0.1, 0.15) is 43.5 Å². The van der Waals surface area contributed by atoms with Gasteiger partial charge in [-0.15, -0.1) is 0 Å². The monoisotopic (exact) mass is 600 g/mol. The number of rotatable bonds is 8. The number of thiazole rings is 1. The number of fused-ring (bicyclic) bond motifs is 1. The van der Waals surface area contributed by atoms with Crippen molar-refractivity contribution in [1.82, 2.24) is 4.57 Å². The van der Waals surface area contributed by atoms with Gasteiger partial charge in [0.1, 0.15) is 5.75 Å². The first-order valence-electron chi connectivity index (χ1n) is 12.1. The van der Waals surface area contributed by atoms with Crippen LogP contribution in [-0.4, -0.2) is 38.0 Å². The van der Waals surface area contributed by atoms with Gasteiger partial charge in [0.15, 0.2) is 16.3 Å². The Bertz CT molecular complexity index is 1600. The van der Waals surface area contributed by atoms with Crippen LogP contribution in [0.5, 0.6) is 17.2 Å². The predicted molar refractivity (Wildman–Crippen MR) is 150 cm³/mol. The van der Waals surface area contributed by atoms with Gasteiger partial charge < -0.3 is 18.9 Å². The van der Waals surface area contributed by atoms with Crippen molar-refractivity contribution in [2.75, 3.05) is 27.4 Å². The summed E-state index contributed by atoms with van der Waals surface area (Å²) in [6.45, 7) is 7.97. The van der Waals surface area contributed by atoms with Crippen molar-refractivity contribution >= 4 is 39.3 Å². The molecule has 1 aliphatic rings. The van der Waals surface area contributed by atoms with E-state index in [4.69, 9.17) is 18.9 Å². The third-order valence-corrected chi connectivity index (χ3v) is 7.79. The topological polar surface area (TPSA) is 88.4 Å². The minimum absolute atomic E-state index is 0.190. The summed E-state index contributed by atoms with van der Waals surface area (Å²) in [7, 11) is 3.16. The Morgan fingerprint density at radius 3 is 2.47 bits per heavy atom. The Morgan fingerprint density at radius 2 is 1.82 bits per heavy atom. The Morgan fingerprint density at radius 1 is 1.08 bits per heavy atom. The molecule has 10 heteroatoms. The second-order valence-electron chi connectivity index (χ2n) is 8.49. The molecule has 0 radical (unpaired) electrons. The minimum Gasteiger partial charge on any atom is -0.496 e. The van der Waals surface area contributed by atoms with Crippen molar-refractivity contribution in [3.63, 3.8) is 0 Å². The summed E-state index contributed by atoms with van der Waals surface area (Å²) in [6, 6.07) is 8.52. The van der Waals surface area contributed by atoms with Crippen molar-refractivity contribution in [3.8, 4) is 17.2 Å². The van der Waals surface area contributed by atoms with Crippen LogP contribution >= 0.6 is 27.3 Å². The smallest absolute Gasteiger partial charge is 0.338 e. The molecule has 0 unspecified atom stereocenters. The highest BCUT2D eigenvalue weighted by molar-refractivity contribution is 9.10. The van der Waals surface area contributed by atoms with Gasteiger partial charge in [-0.1, -0.05) is 39.4 Å². The molecule has 1 atom stereocenters. The average Bonchev–Trinajstić information content (AvgIpc) is 3.19. The lowest BCUT2D eigenvalue weighted by Crippen LogP contribution is -2.40. The lowest BCUT2D eigenvalue weighted by atomic mass is 9.95. The maximum Gasteiger partial charge on any atom is 0.338 e. The van der Waals surface area contributed by atoms with Crippen molar-refractivity contribution in [1.29, 1.82) is 0 Å². The van der Waals surface area contributed by atoms with Gasteiger partial charge in [0.05, 0.1) is 49.3 Å². The number of benzene rings is 2. The van der Waals surface area contributed by atoms with E-state index in [9.17, 15) is 9.59 Å². The van der Waals surface area contributed by atoms with E-state index in [0.717, 1.165) is 16.9 Å².